The van der Waals surface area contributed by atoms with Crippen molar-refractivity contribution in [2.45, 2.75) is 84.1 Å². The van der Waals surface area contributed by atoms with E-state index in [-0.39, 0.29) is 25.4 Å². The van der Waals surface area contributed by atoms with Gasteiger partial charge in [-0.3, -0.25) is 9.59 Å². The number of nitrogens with zero attached hydrogens (tertiary/aromatic N) is 2. The van der Waals surface area contributed by atoms with Crippen LogP contribution in [-0.4, -0.2) is 62.6 Å². The lowest BCUT2D eigenvalue weighted by molar-refractivity contribution is -0.139. The Labute approximate surface area is 283 Å². The van der Waals surface area contributed by atoms with Gasteiger partial charge in [-0.1, -0.05) is 93.6 Å². The van der Waals surface area contributed by atoms with Crippen molar-refractivity contribution < 1.29 is 24.2 Å². The van der Waals surface area contributed by atoms with E-state index in [1.54, 1.807) is 6.20 Å². The molecular formula is C38H49N5O5. The second kappa shape index (κ2) is 18.1. The number of aliphatic hydroxyl groups is 1. The van der Waals surface area contributed by atoms with Gasteiger partial charge in [0, 0.05) is 24.9 Å². The largest absolute Gasteiger partial charge is 0.444 e. The number of H-pyrrole nitrogens is 1. The van der Waals surface area contributed by atoms with E-state index in [1.165, 1.54) is 6.33 Å². The van der Waals surface area contributed by atoms with Crippen molar-refractivity contribution in [3.8, 4) is 0 Å². The first-order chi connectivity index (χ1) is 23.1. The van der Waals surface area contributed by atoms with Gasteiger partial charge in [0.15, 0.2) is 0 Å². The minimum atomic E-state index is -1.26. The fourth-order valence-electron chi connectivity index (χ4n) is 5.68. The first-order valence-corrected chi connectivity index (χ1v) is 16.8. The number of hydrogen-bond acceptors (Lipinski definition) is 7. The van der Waals surface area contributed by atoms with Crippen LogP contribution < -0.4 is 11.1 Å². The molecule has 3 aromatic carbocycles. The second-order valence-electron chi connectivity index (χ2n) is 13.0. The van der Waals surface area contributed by atoms with Crippen molar-refractivity contribution in [2.24, 2.45) is 17.6 Å². The molecule has 4 aromatic rings. The molecular weight excluding hydrogens is 606 g/mol. The van der Waals surface area contributed by atoms with Crippen LogP contribution in [0.25, 0.3) is 10.8 Å². The second-order valence-corrected chi connectivity index (χ2v) is 13.0. The third-order valence-corrected chi connectivity index (χ3v) is 8.55. The summed E-state index contributed by atoms with van der Waals surface area (Å²) in [5.74, 6) is -0.659. The van der Waals surface area contributed by atoms with Gasteiger partial charge < -0.3 is 25.9 Å². The predicted molar refractivity (Wildman–Crippen MR) is 187 cm³/mol. The molecule has 3 amide bonds. The molecule has 5 N–H and O–H groups in total. The van der Waals surface area contributed by atoms with E-state index in [0.29, 0.717) is 31.0 Å². The number of benzene rings is 3. The fraction of sp³-hybridized carbons (Fsp3) is 0.421. The summed E-state index contributed by atoms with van der Waals surface area (Å²) in [6, 6.07) is 20.3. The zero-order chi connectivity index (χ0) is 34.5. The summed E-state index contributed by atoms with van der Waals surface area (Å²) in [6.07, 6.45) is 4.84. The number of carbonyl (C=O) groups is 3. The van der Waals surface area contributed by atoms with Crippen LogP contribution in [0, 0.1) is 11.8 Å². The molecule has 10 heteroatoms. The Balaban J connectivity index is 1.55. The summed E-state index contributed by atoms with van der Waals surface area (Å²) in [4.78, 5) is 49.9. The van der Waals surface area contributed by atoms with E-state index in [4.69, 9.17) is 10.5 Å². The summed E-state index contributed by atoms with van der Waals surface area (Å²) in [6.45, 7) is 6.48. The lowest BCUT2D eigenvalue weighted by Gasteiger charge is -2.31. The number of imidazole rings is 1. The highest BCUT2D eigenvalue weighted by atomic mass is 16.6. The predicted octanol–water partition coefficient (Wildman–Crippen LogP) is 5.54. The average molecular weight is 656 g/mol. The van der Waals surface area contributed by atoms with Gasteiger partial charge in [0.2, 0.25) is 11.8 Å². The van der Waals surface area contributed by atoms with Crippen molar-refractivity contribution >= 4 is 28.7 Å². The summed E-state index contributed by atoms with van der Waals surface area (Å²) in [5, 5.41) is 15.3. The van der Waals surface area contributed by atoms with Crippen LogP contribution in [0.5, 0.6) is 0 Å². The minimum absolute atomic E-state index is 0.0126. The number of imide groups is 1. The van der Waals surface area contributed by atoms with Crippen molar-refractivity contribution in [1.82, 2.24) is 20.2 Å². The molecule has 0 aliphatic heterocycles. The number of ether oxygens (including phenoxy) is 1. The van der Waals surface area contributed by atoms with Crippen LogP contribution in [0.4, 0.5) is 4.79 Å². The number of aliphatic hydroxyl groups excluding tert-OH is 1. The Morgan fingerprint density at radius 1 is 0.917 bits per heavy atom. The summed E-state index contributed by atoms with van der Waals surface area (Å²) in [7, 11) is 0. The molecule has 0 saturated heterocycles. The molecule has 4 rings (SSSR count). The lowest BCUT2D eigenvalue weighted by atomic mass is 9.97. The number of carbonyl (C=O) groups excluding carboxylic acids is 3. The lowest BCUT2D eigenvalue weighted by Crippen LogP contribution is -2.58. The number of amides is 3. The maximum absolute atomic E-state index is 14.2. The van der Waals surface area contributed by atoms with Gasteiger partial charge in [0.25, 0.3) is 0 Å². The van der Waals surface area contributed by atoms with Gasteiger partial charge in [-0.05, 0) is 65.8 Å². The van der Waals surface area contributed by atoms with Gasteiger partial charge >= 0.3 is 6.09 Å². The van der Waals surface area contributed by atoms with Crippen LogP contribution in [-0.2, 0) is 33.8 Å². The Bertz CT molecular complexity index is 1590. The molecule has 0 fully saturated rings. The number of aromatic nitrogens is 2. The fourth-order valence-corrected chi connectivity index (χ4v) is 5.68. The van der Waals surface area contributed by atoms with E-state index in [9.17, 15) is 19.5 Å². The van der Waals surface area contributed by atoms with Gasteiger partial charge in [-0.15, -0.1) is 0 Å². The van der Waals surface area contributed by atoms with Crippen molar-refractivity contribution in [1.29, 1.82) is 0 Å². The van der Waals surface area contributed by atoms with E-state index in [2.05, 4.69) is 29.1 Å². The SMILES string of the molecule is CC(C)CCC(O)CCC(C)CNC(=O)[C@H](Cc1cnc[nH]1)N(C(=O)OCc1ccccc1)C(=O)[C@@H](N)Cc1cccc2ccccc12. The monoisotopic (exact) mass is 655 g/mol. The van der Waals surface area contributed by atoms with Crippen LogP contribution in [0.1, 0.15) is 63.3 Å². The molecule has 0 radical (unpaired) electrons. The van der Waals surface area contributed by atoms with Crippen molar-refractivity contribution in [3.05, 3.63) is 102 Å². The highest BCUT2D eigenvalue weighted by molar-refractivity contribution is 6.00. The maximum Gasteiger partial charge on any atom is 0.417 e. The number of nitrogens with one attached hydrogen (secondary N) is 2. The quantitative estimate of drug-likeness (QED) is 0.117. The normalized spacial score (nSPS) is 13.9. The van der Waals surface area contributed by atoms with E-state index in [0.717, 1.165) is 39.6 Å². The molecule has 4 atom stereocenters. The number of nitrogens with two attached hydrogens (primary N) is 1. The third kappa shape index (κ3) is 10.7. The number of rotatable bonds is 17. The molecule has 0 aliphatic rings. The standard InChI is InChI=1S/C38H49N5O5/c1-26(2)16-18-32(44)19-17-27(3)22-41-36(45)35(21-31-23-40-25-42-31)43(38(47)48-24-28-10-5-4-6-11-28)37(46)34(39)20-30-14-9-13-29-12-7-8-15-33(29)30/h4-15,23,25-27,32,34-35,44H,16-22,24,39H2,1-3H3,(H,40,42)(H,41,45)/t27?,32?,34-,35-/m0/s1. The van der Waals surface area contributed by atoms with E-state index >= 15 is 0 Å². The topological polar surface area (TPSA) is 151 Å². The van der Waals surface area contributed by atoms with E-state index in [1.807, 2.05) is 79.7 Å². The maximum atomic E-state index is 14.2. The molecule has 256 valence electrons. The molecule has 2 unspecified atom stereocenters. The Hall–Kier alpha value is -4.54. The smallest absolute Gasteiger partial charge is 0.417 e. The van der Waals surface area contributed by atoms with Crippen LogP contribution >= 0.6 is 0 Å². The molecule has 48 heavy (non-hydrogen) atoms. The number of hydrogen-bond donors (Lipinski definition) is 4. The van der Waals surface area contributed by atoms with Gasteiger partial charge in [-0.25, -0.2) is 14.7 Å². The molecule has 10 nitrogen and oxygen atoms in total. The molecule has 1 aromatic heterocycles. The van der Waals surface area contributed by atoms with E-state index < -0.39 is 36.1 Å². The third-order valence-electron chi connectivity index (χ3n) is 8.55. The van der Waals surface area contributed by atoms with Crippen LogP contribution in [0.2, 0.25) is 0 Å². The average Bonchev–Trinajstić information content (AvgIpc) is 3.61. The zero-order valence-corrected chi connectivity index (χ0v) is 28.2. The highest BCUT2D eigenvalue weighted by Gasteiger charge is 2.39. The summed E-state index contributed by atoms with van der Waals surface area (Å²) >= 11 is 0. The number of fused-ring (bicyclic) bond motifs is 1. The van der Waals surface area contributed by atoms with Gasteiger partial charge in [0.05, 0.1) is 18.5 Å². The Kier molecular flexibility index (Phi) is 13.7. The summed E-state index contributed by atoms with van der Waals surface area (Å²) < 4.78 is 5.64. The Morgan fingerprint density at radius 3 is 2.35 bits per heavy atom. The Morgan fingerprint density at radius 2 is 1.62 bits per heavy atom. The zero-order valence-electron chi connectivity index (χ0n) is 28.2. The summed E-state index contributed by atoms with van der Waals surface area (Å²) in [5.41, 5.74) is 8.70. The minimum Gasteiger partial charge on any atom is -0.444 e. The van der Waals surface area contributed by atoms with Crippen molar-refractivity contribution in [2.75, 3.05) is 6.54 Å². The molecule has 0 saturated carbocycles. The molecule has 0 aliphatic carbocycles. The molecule has 0 spiro atoms. The highest BCUT2D eigenvalue weighted by Crippen LogP contribution is 2.21. The van der Waals surface area contributed by atoms with Crippen molar-refractivity contribution in [3.63, 3.8) is 0 Å². The number of aromatic amines is 1. The van der Waals surface area contributed by atoms with Gasteiger partial charge in [0.1, 0.15) is 12.6 Å². The molecule has 1 heterocycles. The molecule has 0 bridgehead atoms. The van der Waals surface area contributed by atoms with Crippen LogP contribution in [0.3, 0.4) is 0 Å². The van der Waals surface area contributed by atoms with Crippen LogP contribution in [0.15, 0.2) is 85.3 Å². The van der Waals surface area contributed by atoms with Gasteiger partial charge in [-0.2, -0.15) is 0 Å². The first kappa shape index (κ1) is 36.3. The first-order valence-electron chi connectivity index (χ1n) is 16.8.